The van der Waals surface area contributed by atoms with Crippen LogP contribution in [0.2, 0.25) is 0 Å². The number of nitrogens with one attached hydrogen (secondary N) is 2. The molecule has 2 aliphatic heterocycles. The summed E-state index contributed by atoms with van der Waals surface area (Å²) in [5, 5.41) is 5.48. The zero-order chi connectivity index (χ0) is 30.0. The van der Waals surface area contributed by atoms with Crippen LogP contribution in [0.25, 0.3) is 0 Å². The number of carbonyl (C=O) groups is 6. The minimum Gasteiger partial charge on any atom is -0.468 e. The average molecular weight is 577 g/mol. The topological polar surface area (TPSA) is 151 Å². The zero-order valence-electron chi connectivity index (χ0n) is 23.4. The average Bonchev–Trinajstić information content (AvgIpc) is 3.64. The van der Waals surface area contributed by atoms with E-state index in [1.165, 1.54) is 38.5 Å². The van der Waals surface area contributed by atoms with Crippen LogP contribution in [0.5, 0.6) is 0 Å². The lowest BCUT2D eigenvalue weighted by molar-refractivity contribution is -0.147. The Balaban J connectivity index is 1.36. The molecule has 2 aromatic rings. The molecule has 0 radical (unpaired) electrons. The Morgan fingerprint density at radius 2 is 1.14 bits per heavy atom. The van der Waals surface area contributed by atoms with Crippen molar-refractivity contribution in [1.82, 2.24) is 9.80 Å². The molecule has 2 saturated heterocycles. The van der Waals surface area contributed by atoms with Crippen LogP contribution in [0, 0.1) is 0 Å². The van der Waals surface area contributed by atoms with Gasteiger partial charge < -0.3 is 20.1 Å². The Morgan fingerprint density at radius 1 is 0.714 bits per heavy atom. The summed E-state index contributed by atoms with van der Waals surface area (Å²) < 4.78 is 9.69. The second-order valence-electron chi connectivity index (χ2n) is 10.5. The van der Waals surface area contributed by atoms with Gasteiger partial charge in [-0.25, -0.2) is 0 Å². The van der Waals surface area contributed by atoms with Crippen molar-refractivity contribution in [1.29, 1.82) is 0 Å². The molecular weight excluding hydrogens is 544 g/mol. The molecule has 0 aromatic heterocycles. The number of benzene rings is 2. The molecule has 5 rings (SSSR count). The van der Waals surface area contributed by atoms with Gasteiger partial charge in [0.2, 0.25) is 11.8 Å². The van der Waals surface area contributed by atoms with E-state index in [4.69, 9.17) is 9.47 Å². The molecule has 2 atom stereocenters. The van der Waals surface area contributed by atoms with Crippen molar-refractivity contribution in [2.24, 2.45) is 0 Å². The predicted octanol–water partition coefficient (Wildman–Crippen LogP) is 1.61. The summed E-state index contributed by atoms with van der Waals surface area (Å²) in [5.41, 5.74) is 0.659. The molecule has 2 amide bonds. The second kappa shape index (κ2) is 12.2. The van der Waals surface area contributed by atoms with E-state index < -0.39 is 47.4 Å². The quantitative estimate of drug-likeness (QED) is 0.379. The minimum absolute atomic E-state index is 0.0290. The standard InChI is InChI=1S/C30H32N4O8/c1-41-29(39)21-11-5-13-33(21)15-23(35)31-19-9-3-7-17-25(19)28(38)26-18(27(17)37)8-4-10-20(26)32-24(36)16-34-14-6-12-22(34)30(40)42-2/h3-4,7-10,21-22H,5-6,11-16H2,1-2H3,(H,31,35)(H,32,36)/t21-,22-/m0/s1. The van der Waals surface area contributed by atoms with Crippen molar-refractivity contribution in [3.8, 4) is 0 Å². The van der Waals surface area contributed by atoms with Gasteiger partial charge in [0.05, 0.1) is 49.8 Å². The Kier molecular flexibility index (Phi) is 8.46. The van der Waals surface area contributed by atoms with Gasteiger partial charge in [-0.05, 0) is 50.9 Å². The first-order valence-corrected chi connectivity index (χ1v) is 13.8. The molecule has 1 aliphatic carbocycles. The summed E-state index contributed by atoms with van der Waals surface area (Å²) in [6, 6.07) is 8.24. The normalized spacial score (nSPS) is 20.0. The molecule has 220 valence electrons. The number of anilines is 2. The highest BCUT2D eigenvalue weighted by atomic mass is 16.5. The van der Waals surface area contributed by atoms with Gasteiger partial charge in [0.1, 0.15) is 12.1 Å². The van der Waals surface area contributed by atoms with Crippen LogP contribution in [0.4, 0.5) is 11.4 Å². The van der Waals surface area contributed by atoms with Crippen molar-refractivity contribution in [3.63, 3.8) is 0 Å². The number of hydrogen-bond acceptors (Lipinski definition) is 10. The van der Waals surface area contributed by atoms with Gasteiger partial charge >= 0.3 is 11.9 Å². The van der Waals surface area contributed by atoms with Crippen LogP contribution < -0.4 is 10.6 Å². The first kappa shape index (κ1) is 29.1. The van der Waals surface area contributed by atoms with Gasteiger partial charge in [-0.2, -0.15) is 0 Å². The highest BCUT2D eigenvalue weighted by Gasteiger charge is 2.37. The van der Waals surface area contributed by atoms with Crippen LogP contribution in [-0.2, 0) is 28.7 Å². The molecule has 42 heavy (non-hydrogen) atoms. The molecule has 0 saturated carbocycles. The smallest absolute Gasteiger partial charge is 0.323 e. The molecule has 12 heteroatoms. The summed E-state index contributed by atoms with van der Waals surface area (Å²) in [6.45, 7) is 0.913. The first-order valence-electron chi connectivity index (χ1n) is 13.8. The Bertz CT molecular complexity index is 1370. The van der Waals surface area contributed by atoms with Crippen molar-refractivity contribution >= 4 is 46.7 Å². The van der Waals surface area contributed by atoms with Gasteiger partial charge in [-0.15, -0.1) is 0 Å². The van der Waals surface area contributed by atoms with Crippen LogP contribution in [0.1, 0.15) is 57.5 Å². The maximum atomic E-state index is 13.9. The van der Waals surface area contributed by atoms with Crippen LogP contribution in [-0.4, -0.2) is 97.6 Å². The molecule has 2 N–H and O–H groups in total. The summed E-state index contributed by atoms with van der Waals surface area (Å²) in [6.07, 6.45) is 2.65. The maximum Gasteiger partial charge on any atom is 0.323 e. The third-order valence-corrected chi connectivity index (χ3v) is 7.99. The van der Waals surface area contributed by atoms with E-state index in [9.17, 15) is 28.8 Å². The lowest BCUT2D eigenvalue weighted by Crippen LogP contribution is -2.41. The fourth-order valence-electron chi connectivity index (χ4n) is 6.04. The number of ether oxygens (including phenoxy) is 2. The number of nitrogens with zero attached hydrogens (tertiary/aromatic N) is 2. The van der Waals surface area contributed by atoms with Crippen molar-refractivity contribution in [2.75, 3.05) is 51.0 Å². The van der Waals surface area contributed by atoms with Crippen LogP contribution in [0.3, 0.4) is 0 Å². The van der Waals surface area contributed by atoms with Crippen LogP contribution >= 0.6 is 0 Å². The van der Waals surface area contributed by atoms with Crippen molar-refractivity contribution < 1.29 is 38.2 Å². The van der Waals surface area contributed by atoms with E-state index >= 15 is 0 Å². The summed E-state index contributed by atoms with van der Waals surface area (Å²) in [7, 11) is 2.61. The number of fused-ring (bicyclic) bond motifs is 2. The first-order chi connectivity index (χ1) is 20.2. The number of rotatable bonds is 8. The molecule has 2 aromatic carbocycles. The highest BCUT2D eigenvalue weighted by molar-refractivity contribution is 6.32. The van der Waals surface area contributed by atoms with E-state index in [1.807, 2.05) is 0 Å². The van der Waals surface area contributed by atoms with E-state index in [-0.39, 0.29) is 46.7 Å². The molecule has 0 spiro atoms. The second-order valence-corrected chi connectivity index (χ2v) is 10.5. The monoisotopic (exact) mass is 576 g/mol. The zero-order valence-corrected chi connectivity index (χ0v) is 23.4. The van der Waals surface area contributed by atoms with Crippen LogP contribution in [0.15, 0.2) is 36.4 Å². The van der Waals surface area contributed by atoms with Gasteiger partial charge in [0.15, 0.2) is 11.6 Å². The third kappa shape index (κ3) is 5.55. The Morgan fingerprint density at radius 3 is 1.55 bits per heavy atom. The summed E-state index contributed by atoms with van der Waals surface area (Å²) in [5.74, 6) is -2.64. The summed E-state index contributed by atoms with van der Waals surface area (Å²) in [4.78, 5) is 81.1. The van der Waals surface area contributed by atoms with E-state index in [1.54, 1.807) is 21.9 Å². The van der Waals surface area contributed by atoms with Crippen molar-refractivity contribution in [2.45, 2.75) is 37.8 Å². The SMILES string of the molecule is COC(=O)[C@@H]1CCCN1CC(=O)Nc1cccc2c1C(=O)c1c(NC(=O)CN3CCC[C@H]3C(=O)OC)cccc1C2=O. The largest absolute Gasteiger partial charge is 0.468 e. The lowest BCUT2D eigenvalue weighted by Gasteiger charge is -2.25. The number of hydrogen-bond donors (Lipinski definition) is 2. The Hall–Kier alpha value is -4.42. The molecule has 2 heterocycles. The number of amides is 2. The molecule has 2 fully saturated rings. The molecular formula is C30H32N4O8. The maximum absolute atomic E-state index is 13.9. The van der Waals surface area contributed by atoms with E-state index in [0.717, 1.165) is 12.8 Å². The van der Waals surface area contributed by atoms with E-state index in [0.29, 0.717) is 25.9 Å². The number of methoxy groups -OCH3 is 2. The lowest BCUT2D eigenvalue weighted by atomic mass is 9.82. The summed E-state index contributed by atoms with van der Waals surface area (Å²) >= 11 is 0. The van der Waals surface area contributed by atoms with E-state index in [2.05, 4.69) is 10.6 Å². The van der Waals surface area contributed by atoms with Gasteiger partial charge in [-0.3, -0.25) is 38.6 Å². The molecule has 0 unspecified atom stereocenters. The predicted molar refractivity (Wildman–Crippen MR) is 150 cm³/mol. The highest BCUT2D eigenvalue weighted by Crippen LogP contribution is 2.35. The molecule has 0 bridgehead atoms. The number of esters is 2. The minimum atomic E-state index is -0.520. The fourth-order valence-corrected chi connectivity index (χ4v) is 6.04. The number of likely N-dealkylation sites (tertiary alicyclic amines) is 2. The van der Waals surface area contributed by atoms with Crippen molar-refractivity contribution in [3.05, 3.63) is 58.7 Å². The van der Waals surface area contributed by atoms with Gasteiger partial charge in [0.25, 0.3) is 0 Å². The molecule has 12 nitrogen and oxygen atoms in total. The van der Waals surface area contributed by atoms with Gasteiger partial charge in [-0.1, -0.05) is 24.3 Å². The van der Waals surface area contributed by atoms with Gasteiger partial charge in [0, 0.05) is 11.1 Å². The number of ketones is 2. The number of carbonyl (C=O) groups excluding carboxylic acids is 6. The molecule has 3 aliphatic rings. The third-order valence-electron chi connectivity index (χ3n) is 7.99. The Labute approximate surface area is 242 Å². The fraction of sp³-hybridized carbons (Fsp3) is 0.400.